The van der Waals surface area contributed by atoms with E-state index in [2.05, 4.69) is 23.1 Å². The SMILES string of the molecule is CCCCCCCCCCC1C=CC2=NC(N)=N[N+](=O)C2=C1. The number of hydrogen-bond donors (Lipinski definition) is 1. The third-order valence-electron chi connectivity index (χ3n) is 4.16. The van der Waals surface area contributed by atoms with Gasteiger partial charge in [-0.1, -0.05) is 64.4 Å². The second kappa shape index (κ2) is 8.61. The van der Waals surface area contributed by atoms with Crippen LogP contribution in [0, 0.1) is 10.8 Å². The molecule has 1 unspecified atom stereocenters. The maximum atomic E-state index is 11.8. The molecule has 2 rings (SSSR count). The minimum Gasteiger partial charge on any atom is -0.363 e. The molecular weight excluding hydrogens is 276 g/mol. The molecule has 0 aromatic carbocycles. The fourth-order valence-corrected chi connectivity index (χ4v) is 2.89. The number of nitrogens with two attached hydrogens (primary N) is 1. The average molecular weight is 303 g/mol. The van der Waals surface area contributed by atoms with Gasteiger partial charge in [0.25, 0.3) is 5.96 Å². The zero-order valence-electron chi connectivity index (χ0n) is 13.5. The Morgan fingerprint density at radius 2 is 1.82 bits per heavy atom. The predicted octanol–water partition coefficient (Wildman–Crippen LogP) is 4.05. The second-order valence-corrected chi connectivity index (χ2v) is 6.07. The molecule has 0 saturated carbocycles. The van der Waals surface area contributed by atoms with Crippen molar-refractivity contribution >= 4 is 11.7 Å². The van der Waals surface area contributed by atoms with Crippen molar-refractivity contribution in [3.8, 4) is 0 Å². The molecule has 1 aliphatic carbocycles. The molecule has 1 aliphatic heterocycles. The Morgan fingerprint density at radius 3 is 2.55 bits per heavy atom. The zero-order chi connectivity index (χ0) is 15.8. The summed E-state index contributed by atoms with van der Waals surface area (Å²) in [5.41, 5.74) is 6.63. The third kappa shape index (κ3) is 4.90. The van der Waals surface area contributed by atoms with Gasteiger partial charge < -0.3 is 5.73 Å². The van der Waals surface area contributed by atoms with E-state index in [1.54, 1.807) is 0 Å². The van der Waals surface area contributed by atoms with Crippen LogP contribution in [0.1, 0.15) is 64.7 Å². The fraction of sp³-hybridized carbons (Fsp3) is 0.647. The molecule has 0 saturated heterocycles. The molecule has 0 bridgehead atoms. The topological polar surface area (TPSA) is 70.8 Å². The number of hydrogen-bond acceptors (Lipinski definition) is 3. The van der Waals surface area contributed by atoms with E-state index >= 15 is 0 Å². The van der Waals surface area contributed by atoms with Crippen molar-refractivity contribution in [1.82, 2.24) is 0 Å². The number of unbranched alkanes of at least 4 members (excludes halogenated alkanes) is 7. The highest BCUT2D eigenvalue weighted by Crippen LogP contribution is 2.23. The first kappa shape index (κ1) is 16.6. The molecule has 0 fully saturated rings. The van der Waals surface area contributed by atoms with Gasteiger partial charge in [-0.15, -0.1) is 0 Å². The minimum atomic E-state index is 0.0216. The van der Waals surface area contributed by atoms with Crippen molar-refractivity contribution in [2.45, 2.75) is 64.7 Å². The number of fused-ring (bicyclic) bond motifs is 1. The minimum absolute atomic E-state index is 0.0216. The first-order valence-corrected chi connectivity index (χ1v) is 8.51. The van der Waals surface area contributed by atoms with Crippen molar-refractivity contribution < 1.29 is 4.87 Å². The van der Waals surface area contributed by atoms with Crippen LogP contribution in [0.25, 0.3) is 0 Å². The van der Waals surface area contributed by atoms with Crippen LogP contribution in [0.2, 0.25) is 0 Å². The van der Waals surface area contributed by atoms with Crippen LogP contribution < -0.4 is 5.73 Å². The normalized spacial score (nSPS) is 20.3. The molecule has 22 heavy (non-hydrogen) atoms. The molecule has 5 heteroatoms. The van der Waals surface area contributed by atoms with Gasteiger partial charge in [0.05, 0.1) is 10.0 Å². The van der Waals surface area contributed by atoms with Crippen LogP contribution in [0.15, 0.2) is 34.0 Å². The molecule has 0 aromatic rings. The summed E-state index contributed by atoms with van der Waals surface area (Å²) < 4.78 is 0. The lowest BCUT2D eigenvalue weighted by molar-refractivity contribution is -0.497. The highest BCUT2D eigenvalue weighted by Gasteiger charge is 2.31. The van der Waals surface area contributed by atoms with Gasteiger partial charge in [-0.05, 0) is 12.5 Å². The van der Waals surface area contributed by atoms with Crippen LogP contribution in [0.5, 0.6) is 0 Å². The Hall–Kier alpha value is -1.78. The van der Waals surface area contributed by atoms with Gasteiger partial charge in [0.15, 0.2) is 4.87 Å². The van der Waals surface area contributed by atoms with E-state index in [1.807, 2.05) is 12.2 Å². The van der Waals surface area contributed by atoms with E-state index in [1.165, 1.54) is 51.4 Å². The summed E-state index contributed by atoms with van der Waals surface area (Å²) in [6, 6.07) is 0. The van der Waals surface area contributed by atoms with Crippen molar-refractivity contribution in [3.05, 3.63) is 28.8 Å². The summed E-state index contributed by atoms with van der Waals surface area (Å²) in [6.07, 6.45) is 17.6. The molecule has 0 amide bonds. The Morgan fingerprint density at radius 1 is 1.14 bits per heavy atom. The van der Waals surface area contributed by atoms with Crippen LogP contribution in [-0.2, 0) is 0 Å². The molecule has 0 spiro atoms. The number of hydrazone groups is 1. The van der Waals surface area contributed by atoms with Crippen LogP contribution in [0.3, 0.4) is 0 Å². The number of allylic oxidation sites excluding steroid dienone is 3. The van der Waals surface area contributed by atoms with Gasteiger partial charge in [0.1, 0.15) is 5.71 Å². The van der Waals surface area contributed by atoms with Gasteiger partial charge in [0.2, 0.25) is 0 Å². The average Bonchev–Trinajstić information content (AvgIpc) is 2.50. The smallest absolute Gasteiger partial charge is 0.317 e. The summed E-state index contributed by atoms with van der Waals surface area (Å²) in [5.74, 6) is 0.327. The van der Waals surface area contributed by atoms with Gasteiger partial charge in [0, 0.05) is 12.0 Å². The number of aliphatic imine (C=N–C) groups is 1. The molecule has 2 aliphatic rings. The lowest BCUT2D eigenvalue weighted by atomic mass is 9.94. The molecular formula is C17H27N4O+. The van der Waals surface area contributed by atoms with Crippen molar-refractivity contribution in [1.29, 1.82) is 0 Å². The summed E-state index contributed by atoms with van der Waals surface area (Å²) in [5, 5.41) is 3.63. The second-order valence-electron chi connectivity index (χ2n) is 6.07. The molecule has 120 valence electrons. The highest BCUT2D eigenvalue weighted by molar-refractivity contribution is 6.13. The van der Waals surface area contributed by atoms with Crippen molar-refractivity contribution in [2.24, 2.45) is 21.7 Å². The van der Waals surface area contributed by atoms with Crippen molar-refractivity contribution in [3.63, 3.8) is 0 Å². The highest BCUT2D eigenvalue weighted by atomic mass is 16.3. The van der Waals surface area contributed by atoms with Crippen molar-refractivity contribution in [2.75, 3.05) is 0 Å². The summed E-state index contributed by atoms with van der Waals surface area (Å²) >= 11 is 0. The standard InChI is InChI=1S/C17H27N4O/c1-2-3-4-5-6-7-8-9-10-14-11-12-15-16(13-14)21(22)20-17(18)19-15/h11-14H,2-10H2,1H3,(H2,18,20,22)/q+1. The largest absolute Gasteiger partial charge is 0.363 e. The Bertz CT molecular complexity index is 517. The maximum Gasteiger partial charge on any atom is 0.317 e. The summed E-state index contributed by atoms with van der Waals surface area (Å²) in [4.78, 5) is 16.4. The van der Waals surface area contributed by atoms with Crippen LogP contribution in [0.4, 0.5) is 0 Å². The Balaban J connectivity index is 1.67. The number of rotatable bonds is 9. The fourth-order valence-electron chi connectivity index (χ4n) is 2.89. The monoisotopic (exact) mass is 303 g/mol. The van der Waals surface area contributed by atoms with E-state index in [9.17, 15) is 4.91 Å². The van der Waals surface area contributed by atoms with E-state index in [-0.39, 0.29) is 5.96 Å². The van der Waals surface area contributed by atoms with E-state index in [4.69, 9.17) is 5.73 Å². The molecule has 2 N–H and O–H groups in total. The predicted molar refractivity (Wildman–Crippen MR) is 90.6 cm³/mol. The number of nitrogens with zero attached hydrogens (tertiary/aromatic N) is 3. The lowest BCUT2D eigenvalue weighted by Gasteiger charge is -2.12. The quantitative estimate of drug-likeness (QED) is 0.515. The third-order valence-corrected chi connectivity index (χ3v) is 4.16. The zero-order valence-corrected chi connectivity index (χ0v) is 13.5. The van der Waals surface area contributed by atoms with Crippen LogP contribution in [-0.4, -0.2) is 16.5 Å². The first-order valence-electron chi connectivity index (χ1n) is 8.51. The van der Waals surface area contributed by atoms with Crippen LogP contribution >= 0.6 is 0 Å². The first-order chi connectivity index (χ1) is 10.7. The van der Waals surface area contributed by atoms with Gasteiger partial charge in [-0.25, -0.2) is 4.99 Å². The Labute approximate surface area is 132 Å². The lowest BCUT2D eigenvalue weighted by Crippen LogP contribution is -2.26. The van der Waals surface area contributed by atoms with Gasteiger partial charge in [-0.2, -0.15) is 0 Å². The summed E-state index contributed by atoms with van der Waals surface area (Å²) in [7, 11) is 0. The molecule has 5 nitrogen and oxygen atoms in total. The molecule has 1 heterocycles. The molecule has 0 radical (unpaired) electrons. The molecule has 1 atom stereocenters. The maximum absolute atomic E-state index is 11.8. The summed E-state index contributed by atoms with van der Waals surface area (Å²) in [6.45, 7) is 2.25. The van der Waals surface area contributed by atoms with Gasteiger partial charge in [-0.3, -0.25) is 0 Å². The number of guanidine groups is 1. The molecule has 0 aromatic heterocycles. The van der Waals surface area contributed by atoms with E-state index < -0.39 is 0 Å². The van der Waals surface area contributed by atoms with E-state index in [0.29, 0.717) is 22.2 Å². The van der Waals surface area contributed by atoms with E-state index in [0.717, 1.165) is 6.42 Å². The number of nitroso groups, excluding NO2 is 1. The Kier molecular flexibility index (Phi) is 6.49. The van der Waals surface area contributed by atoms with Gasteiger partial charge >= 0.3 is 5.70 Å².